The maximum Gasteiger partial charge on any atom is 0.326 e. The lowest BCUT2D eigenvalue weighted by atomic mass is 9.90. The van der Waals surface area contributed by atoms with Crippen molar-refractivity contribution in [3.8, 4) is 0 Å². The van der Waals surface area contributed by atoms with Crippen molar-refractivity contribution in [3.05, 3.63) is 82.4 Å². The molecule has 29 heavy (non-hydrogen) atoms. The number of rotatable bonds is 6. The van der Waals surface area contributed by atoms with E-state index in [2.05, 4.69) is 6.58 Å². The molecule has 4 atom stereocenters. The number of carbonyl (C=O) groups excluding carboxylic acids is 1. The second kappa shape index (κ2) is 8.99. The quantitative estimate of drug-likeness (QED) is 0.646. The van der Waals surface area contributed by atoms with Crippen molar-refractivity contribution < 1.29 is 19.4 Å². The summed E-state index contributed by atoms with van der Waals surface area (Å²) in [4.78, 5) is 26.4. The molecule has 0 aromatic heterocycles. The number of carboxylic acids is 1. The standard InChI is InChI=1S/C22H21Cl2NO4/c1-3-5-18-21(26)25(13(2)22(27)28)19(14-8-10-16(23)11-9-14)20(29-18)15-6-4-7-17(24)12-15/h3-4,6-13,18-20H,1,5H2,2H3,(H,27,28)/t13-,18-,19+,20-/m1/s1. The number of nitrogens with zero attached hydrogens (tertiary/aromatic N) is 1. The molecule has 1 fully saturated rings. The smallest absolute Gasteiger partial charge is 0.326 e. The molecule has 1 aliphatic rings. The first-order chi connectivity index (χ1) is 13.8. The summed E-state index contributed by atoms with van der Waals surface area (Å²) < 4.78 is 6.19. The van der Waals surface area contributed by atoms with Crippen LogP contribution >= 0.6 is 23.2 Å². The highest BCUT2D eigenvalue weighted by molar-refractivity contribution is 6.30. The second-order valence-corrected chi connectivity index (χ2v) is 7.75. The van der Waals surface area contributed by atoms with Gasteiger partial charge in [0.1, 0.15) is 18.2 Å². The van der Waals surface area contributed by atoms with Crippen LogP contribution in [-0.4, -0.2) is 34.0 Å². The van der Waals surface area contributed by atoms with Gasteiger partial charge >= 0.3 is 5.97 Å². The molecule has 0 aliphatic carbocycles. The van der Waals surface area contributed by atoms with Crippen LogP contribution in [0.1, 0.15) is 36.6 Å². The van der Waals surface area contributed by atoms with E-state index in [1.165, 1.54) is 11.8 Å². The van der Waals surface area contributed by atoms with Gasteiger partial charge in [0, 0.05) is 16.5 Å². The van der Waals surface area contributed by atoms with Crippen molar-refractivity contribution in [2.75, 3.05) is 0 Å². The van der Waals surface area contributed by atoms with Crippen molar-refractivity contribution >= 4 is 35.1 Å². The zero-order valence-electron chi connectivity index (χ0n) is 15.8. The van der Waals surface area contributed by atoms with Crippen LogP contribution in [0.2, 0.25) is 10.0 Å². The van der Waals surface area contributed by atoms with E-state index in [1.54, 1.807) is 48.5 Å². The summed E-state index contributed by atoms with van der Waals surface area (Å²) in [5.41, 5.74) is 1.47. The third-order valence-electron chi connectivity index (χ3n) is 4.97. The molecule has 0 radical (unpaired) electrons. The van der Waals surface area contributed by atoms with Crippen LogP contribution < -0.4 is 0 Å². The molecule has 1 aliphatic heterocycles. The number of aliphatic carboxylic acids is 1. The summed E-state index contributed by atoms with van der Waals surface area (Å²) in [6.07, 6.45) is 0.414. The molecule has 2 aromatic rings. The molecule has 0 spiro atoms. The minimum Gasteiger partial charge on any atom is -0.480 e. The Kier molecular flexibility index (Phi) is 6.63. The average molecular weight is 434 g/mol. The fourth-order valence-corrected chi connectivity index (χ4v) is 3.88. The molecule has 0 unspecified atom stereocenters. The summed E-state index contributed by atoms with van der Waals surface area (Å²) in [7, 11) is 0. The molecule has 1 N–H and O–H groups in total. The van der Waals surface area contributed by atoms with Crippen molar-refractivity contribution in [1.82, 2.24) is 4.90 Å². The Morgan fingerprint density at radius 1 is 1.21 bits per heavy atom. The van der Waals surface area contributed by atoms with Gasteiger partial charge in [0.2, 0.25) is 0 Å². The van der Waals surface area contributed by atoms with Gasteiger partial charge in [0.15, 0.2) is 0 Å². The normalized spacial score (nSPS) is 22.9. The Labute approximate surface area is 179 Å². The molecule has 3 rings (SSSR count). The lowest BCUT2D eigenvalue weighted by Crippen LogP contribution is -2.55. The maximum atomic E-state index is 13.2. The van der Waals surface area contributed by atoms with Gasteiger partial charge in [-0.1, -0.05) is 53.5 Å². The first kappa shape index (κ1) is 21.4. The van der Waals surface area contributed by atoms with Crippen LogP contribution in [0.15, 0.2) is 61.2 Å². The van der Waals surface area contributed by atoms with E-state index >= 15 is 0 Å². The number of hydrogen-bond acceptors (Lipinski definition) is 3. The van der Waals surface area contributed by atoms with E-state index in [4.69, 9.17) is 27.9 Å². The van der Waals surface area contributed by atoms with Gasteiger partial charge in [-0.25, -0.2) is 4.79 Å². The highest BCUT2D eigenvalue weighted by atomic mass is 35.5. The van der Waals surface area contributed by atoms with Gasteiger partial charge in [-0.3, -0.25) is 4.79 Å². The van der Waals surface area contributed by atoms with Gasteiger partial charge in [-0.05, 0) is 42.3 Å². The van der Waals surface area contributed by atoms with E-state index in [0.29, 0.717) is 10.0 Å². The number of benzene rings is 2. The van der Waals surface area contributed by atoms with Gasteiger partial charge in [-0.15, -0.1) is 6.58 Å². The molecule has 7 heteroatoms. The van der Waals surface area contributed by atoms with Crippen molar-refractivity contribution in [1.29, 1.82) is 0 Å². The monoisotopic (exact) mass is 433 g/mol. The first-order valence-corrected chi connectivity index (χ1v) is 9.91. The lowest BCUT2D eigenvalue weighted by Gasteiger charge is -2.46. The number of carboxylic acid groups (broad SMARTS) is 1. The van der Waals surface area contributed by atoms with Crippen LogP contribution in [0, 0.1) is 0 Å². The number of halogens is 2. The number of morpholine rings is 1. The number of carbonyl (C=O) groups is 2. The van der Waals surface area contributed by atoms with E-state index in [0.717, 1.165) is 11.1 Å². The topological polar surface area (TPSA) is 66.8 Å². The molecule has 152 valence electrons. The Balaban J connectivity index is 2.17. The highest BCUT2D eigenvalue weighted by Crippen LogP contribution is 2.44. The van der Waals surface area contributed by atoms with Crippen LogP contribution in [0.4, 0.5) is 0 Å². The lowest BCUT2D eigenvalue weighted by molar-refractivity contribution is -0.183. The fraction of sp³-hybridized carbons (Fsp3) is 0.273. The Morgan fingerprint density at radius 3 is 2.48 bits per heavy atom. The molecule has 0 bridgehead atoms. The van der Waals surface area contributed by atoms with Crippen LogP contribution in [-0.2, 0) is 14.3 Å². The predicted molar refractivity (Wildman–Crippen MR) is 112 cm³/mol. The summed E-state index contributed by atoms with van der Waals surface area (Å²) >= 11 is 12.2. The molecular weight excluding hydrogens is 413 g/mol. The molecule has 5 nitrogen and oxygen atoms in total. The van der Waals surface area contributed by atoms with E-state index in [9.17, 15) is 14.7 Å². The fourth-order valence-electron chi connectivity index (χ4n) is 3.56. The summed E-state index contributed by atoms with van der Waals surface area (Å²) in [5, 5.41) is 10.7. The van der Waals surface area contributed by atoms with Gasteiger partial charge in [0.25, 0.3) is 5.91 Å². The zero-order valence-corrected chi connectivity index (χ0v) is 17.3. The molecular formula is C22H21Cl2NO4. The average Bonchev–Trinajstić information content (AvgIpc) is 2.69. The van der Waals surface area contributed by atoms with Crippen molar-refractivity contribution in [2.45, 2.75) is 37.6 Å². The summed E-state index contributed by atoms with van der Waals surface area (Å²) in [5.74, 6) is -1.49. The Bertz CT molecular complexity index is 915. The largest absolute Gasteiger partial charge is 0.480 e. The zero-order chi connectivity index (χ0) is 21.1. The van der Waals surface area contributed by atoms with E-state index in [1.807, 2.05) is 6.07 Å². The second-order valence-electron chi connectivity index (χ2n) is 6.88. The van der Waals surface area contributed by atoms with Crippen molar-refractivity contribution in [2.24, 2.45) is 0 Å². The predicted octanol–water partition coefficient (Wildman–Crippen LogP) is 5.05. The first-order valence-electron chi connectivity index (χ1n) is 9.15. The molecule has 0 saturated carbocycles. The number of amides is 1. The molecule has 1 amide bonds. The molecule has 2 aromatic carbocycles. The number of hydrogen-bond donors (Lipinski definition) is 1. The Morgan fingerprint density at radius 2 is 1.90 bits per heavy atom. The SMILES string of the molecule is C=CC[C@H]1O[C@H](c2cccc(Cl)c2)[C@H](c2ccc(Cl)cc2)N([C@H](C)C(=O)O)C1=O. The third-order valence-corrected chi connectivity index (χ3v) is 5.46. The van der Waals surface area contributed by atoms with Crippen LogP contribution in [0.25, 0.3) is 0 Å². The molecule has 1 heterocycles. The third kappa shape index (κ3) is 4.47. The minimum atomic E-state index is -1.10. The van der Waals surface area contributed by atoms with Gasteiger partial charge in [0.05, 0.1) is 6.04 Å². The van der Waals surface area contributed by atoms with Crippen LogP contribution in [0.3, 0.4) is 0 Å². The number of ether oxygens (including phenoxy) is 1. The Hall–Kier alpha value is -2.34. The van der Waals surface area contributed by atoms with E-state index < -0.39 is 36.2 Å². The summed E-state index contributed by atoms with van der Waals surface area (Å²) in [6.45, 7) is 5.18. The van der Waals surface area contributed by atoms with Gasteiger partial charge in [-0.2, -0.15) is 0 Å². The summed E-state index contributed by atoms with van der Waals surface area (Å²) in [6, 6.07) is 12.4. The highest BCUT2D eigenvalue weighted by Gasteiger charge is 2.47. The minimum absolute atomic E-state index is 0.270. The van der Waals surface area contributed by atoms with Gasteiger partial charge < -0.3 is 14.7 Å². The van der Waals surface area contributed by atoms with Crippen LogP contribution in [0.5, 0.6) is 0 Å². The van der Waals surface area contributed by atoms with E-state index in [-0.39, 0.29) is 6.42 Å². The maximum absolute atomic E-state index is 13.2. The molecule has 1 saturated heterocycles. The van der Waals surface area contributed by atoms with Crippen molar-refractivity contribution in [3.63, 3.8) is 0 Å².